The van der Waals surface area contributed by atoms with E-state index in [4.69, 9.17) is 0 Å². The highest BCUT2D eigenvalue weighted by Gasteiger charge is 2.37. The molecule has 1 atom stereocenters. The second kappa shape index (κ2) is 5.69. The van der Waals surface area contributed by atoms with E-state index >= 15 is 0 Å². The predicted octanol–water partition coefficient (Wildman–Crippen LogP) is 2.02. The molecule has 21 heavy (non-hydrogen) atoms. The maximum Gasteiger partial charge on any atom is 0.273 e. The van der Waals surface area contributed by atoms with Gasteiger partial charge in [0.1, 0.15) is 5.75 Å². The number of hydrogen-bond donors (Lipinski definition) is 3. The number of non-ortho nitro benzene ring substituents is 1. The van der Waals surface area contributed by atoms with Crippen LogP contribution in [-0.4, -0.2) is 28.5 Å². The number of nitro benzene ring substituents is 1. The molecule has 0 radical (unpaired) electrons. The molecule has 0 saturated carbocycles. The standard InChI is InChI=1S/C14H19N3O4/c1-14(2)6-3-7-15-12(14)13(19)16-10-5-4-9(17(20)21)8-11(10)18/h4-5,8,12,15,18H,3,6-7H2,1-2H3,(H,16,19). The van der Waals surface area contributed by atoms with Crippen LogP contribution in [0.5, 0.6) is 5.75 Å². The van der Waals surface area contributed by atoms with Crippen molar-refractivity contribution < 1.29 is 14.8 Å². The lowest BCUT2D eigenvalue weighted by Gasteiger charge is -2.38. The maximum absolute atomic E-state index is 12.3. The van der Waals surface area contributed by atoms with E-state index in [1.165, 1.54) is 12.1 Å². The lowest BCUT2D eigenvalue weighted by molar-refractivity contribution is -0.384. The Balaban J connectivity index is 2.14. The summed E-state index contributed by atoms with van der Waals surface area (Å²) in [4.78, 5) is 22.4. The Morgan fingerprint density at radius 1 is 1.52 bits per heavy atom. The topological polar surface area (TPSA) is 104 Å². The van der Waals surface area contributed by atoms with Gasteiger partial charge in [-0.2, -0.15) is 0 Å². The van der Waals surface area contributed by atoms with Gasteiger partial charge in [-0.05, 0) is 30.9 Å². The quantitative estimate of drug-likeness (QED) is 0.449. The molecule has 114 valence electrons. The summed E-state index contributed by atoms with van der Waals surface area (Å²) >= 11 is 0. The van der Waals surface area contributed by atoms with Crippen LogP contribution in [0.3, 0.4) is 0 Å². The number of phenols is 1. The van der Waals surface area contributed by atoms with Crippen LogP contribution in [0.1, 0.15) is 26.7 Å². The van der Waals surface area contributed by atoms with Gasteiger partial charge in [0.2, 0.25) is 5.91 Å². The van der Waals surface area contributed by atoms with Gasteiger partial charge in [0, 0.05) is 6.07 Å². The summed E-state index contributed by atoms with van der Waals surface area (Å²) in [5.41, 5.74) is -0.228. The Kier molecular flexibility index (Phi) is 4.13. The van der Waals surface area contributed by atoms with E-state index in [1.807, 2.05) is 13.8 Å². The Morgan fingerprint density at radius 3 is 2.81 bits per heavy atom. The van der Waals surface area contributed by atoms with Crippen molar-refractivity contribution in [2.24, 2.45) is 5.41 Å². The Labute approximate surface area is 122 Å². The van der Waals surface area contributed by atoms with Crippen molar-refractivity contribution in [1.29, 1.82) is 0 Å². The van der Waals surface area contributed by atoms with Crippen molar-refractivity contribution in [2.75, 3.05) is 11.9 Å². The number of phenolic OH excluding ortho intramolecular Hbond substituents is 1. The van der Waals surface area contributed by atoms with Gasteiger partial charge >= 0.3 is 0 Å². The number of rotatable bonds is 3. The molecular formula is C14H19N3O4. The number of hydrogen-bond acceptors (Lipinski definition) is 5. The van der Waals surface area contributed by atoms with Gasteiger partial charge in [-0.15, -0.1) is 0 Å². The number of carbonyl (C=O) groups excluding carboxylic acids is 1. The minimum Gasteiger partial charge on any atom is -0.506 e. The van der Waals surface area contributed by atoms with Crippen molar-refractivity contribution in [2.45, 2.75) is 32.7 Å². The van der Waals surface area contributed by atoms with E-state index in [0.717, 1.165) is 25.5 Å². The van der Waals surface area contributed by atoms with E-state index in [0.29, 0.717) is 0 Å². The summed E-state index contributed by atoms with van der Waals surface area (Å²) in [7, 11) is 0. The molecule has 7 heteroatoms. The third kappa shape index (κ3) is 3.30. The fourth-order valence-electron chi connectivity index (χ4n) is 2.60. The lowest BCUT2D eigenvalue weighted by Crippen LogP contribution is -2.53. The van der Waals surface area contributed by atoms with Crippen LogP contribution in [0.25, 0.3) is 0 Å². The number of nitrogens with zero attached hydrogens (tertiary/aromatic N) is 1. The average molecular weight is 293 g/mol. The molecule has 1 saturated heterocycles. The van der Waals surface area contributed by atoms with Gasteiger partial charge in [0.05, 0.1) is 22.7 Å². The van der Waals surface area contributed by atoms with E-state index < -0.39 is 4.92 Å². The lowest BCUT2D eigenvalue weighted by atomic mass is 9.77. The van der Waals surface area contributed by atoms with Gasteiger partial charge in [-0.25, -0.2) is 0 Å². The van der Waals surface area contributed by atoms with Crippen molar-refractivity contribution in [3.05, 3.63) is 28.3 Å². The summed E-state index contributed by atoms with van der Waals surface area (Å²) in [6.07, 6.45) is 1.95. The molecule has 1 fully saturated rings. The van der Waals surface area contributed by atoms with Crippen LogP contribution in [0.2, 0.25) is 0 Å². The monoisotopic (exact) mass is 293 g/mol. The van der Waals surface area contributed by atoms with Crippen LogP contribution in [0.15, 0.2) is 18.2 Å². The first-order valence-corrected chi connectivity index (χ1v) is 6.83. The Hall–Kier alpha value is -2.15. The molecule has 0 aliphatic carbocycles. The van der Waals surface area contributed by atoms with Crippen LogP contribution in [0.4, 0.5) is 11.4 Å². The number of anilines is 1. The van der Waals surface area contributed by atoms with Crippen molar-refractivity contribution in [3.63, 3.8) is 0 Å². The molecule has 7 nitrogen and oxygen atoms in total. The molecule has 1 aromatic carbocycles. The molecule has 3 N–H and O–H groups in total. The molecule has 1 aliphatic rings. The van der Waals surface area contributed by atoms with Gasteiger partial charge in [0.25, 0.3) is 5.69 Å². The zero-order valence-electron chi connectivity index (χ0n) is 12.0. The maximum atomic E-state index is 12.3. The highest BCUT2D eigenvalue weighted by Crippen LogP contribution is 2.32. The first-order valence-electron chi connectivity index (χ1n) is 6.83. The highest BCUT2D eigenvalue weighted by molar-refractivity contribution is 5.96. The summed E-state index contributed by atoms with van der Waals surface area (Å²) in [6, 6.07) is 3.24. The van der Waals surface area contributed by atoms with Gasteiger partial charge in [0.15, 0.2) is 0 Å². The van der Waals surface area contributed by atoms with Gasteiger partial charge in [-0.1, -0.05) is 13.8 Å². The SMILES string of the molecule is CC1(C)CCCNC1C(=O)Nc1ccc([N+](=O)[O-])cc1O. The van der Waals surface area contributed by atoms with E-state index in [2.05, 4.69) is 10.6 Å². The number of benzene rings is 1. The smallest absolute Gasteiger partial charge is 0.273 e. The minimum absolute atomic E-state index is 0.175. The number of carbonyl (C=O) groups is 1. The molecule has 2 rings (SSSR count). The zero-order chi connectivity index (χ0) is 15.6. The molecule has 0 aromatic heterocycles. The zero-order valence-corrected chi connectivity index (χ0v) is 12.0. The van der Waals surface area contributed by atoms with Crippen LogP contribution < -0.4 is 10.6 Å². The number of nitrogens with one attached hydrogen (secondary N) is 2. The van der Waals surface area contributed by atoms with Crippen molar-refractivity contribution in [1.82, 2.24) is 5.32 Å². The normalized spacial score (nSPS) is 20.8. The summed E-state index contributed by atoms with van der Waals surface area (Å²) < 4.78 is 0. The van der Waals surface area contributed by atoms with E-state index in [-0.39, 0.29) is 34.5 Å². The predicted molar refractivity (Wildman–Crippen MR) is 78.2 cm³/mol. The second-order valence-corrected chi connectivity index (χ2v) is 5.93. The van der Waals surface area contributed by atoms with Crippen molar-refractivity contribution in [3.8, 4) is 5.75 Å². The largest absolute Gasteiger partial charge is 0.506 e. The summed E-state index contributed by atoms with van der Waals surface area (Å²) in [5.74, 6) is -0.560. The van der Waals surface area contributed by atoms with Crippen LogP contribution in [0, 0.1) is 15.5 Å². The number of amides is 1. The first-order chi connectivity index (χ1) is 9.81. The molecule has 1 amide bonds. The molecule has 1 aliphatic heterocycles. The fraction of sp³-hybridized carbons (Fsp3) is 0.500. The number of piperidine rings is 1. The Morgan fingerprint density at radius 2 is 2.24 bits per heavy atom. The Bertz CT molecular complexity index is 571. The molecule has 1 aromatic rings. The first kappa shape index (κ1) is 15.2. The number of aromatic hydroxyl groups is 1. The third-order valence-electron chi connectivity index (χ3n) is 3.84. The molecule has 1 heterocycles. The molecular weight excluding hydrogens is 274 g/mol. The highest BCUT2D eigenvalue weighted by atomic mass is 16.6. The van der Waals surface area contributed by atoms with E-state index in [1.54, 1.807) is 0 Å². The van der Waals surface area contributed by atoms with Crippen molar-refractivity contribution >= 4 is 17.3 Å². The molecule has 0 spiro atoms. The molecule has 0 bridgehead atoms. The second-order valence-electron chi connectivity index (χ2n) is 5.93. The van der Waals surface area contributed by atoms with E-state index in [9.17, 15) is 20.0 Å². The molecule has 1 unspecified atom stereocenters. The fourth-order valence-corrected chi connectivity index (χ4v) is 2.60. The summed E-state index contributed by atoms with van der Waals surface area (Å²) in [5, 5.41) is 26.2. The minimum atomic E-state index is -0.600. The third-order valence-corrected chi connectivity index (χ3v) is 3.84. The summed E-state index contributed by atoms with van der Waals surface area (Å²) in [6.45, 7) is 4.80. The van der Waals surface area contributed by atoms with Gasteiger partial charge in [-0.3, -0.25) is 14.9 Å². The van der Waals surface area contributed by atoms with Gasteiger partial charge < -0.3 is 15.7 Å². The van der Waals surface area contributed by atoms with Crippen LogP contribution in [-0.2, 0) is 4.79 Å². The number of nitro groups is 1. The van der Waals surface area contributed by atoms with Crippen LogP contribution >= 0.6 is 0 Å². The average Bonchev–Trinajstić information content (AvgIpc) is 2.40.